The van der Waals surface area contributed by atoms with E-state index in [1.54, 1.807) is 6.07 Å². The predicted molar refractivity (Wildman–Crippen MR) is 143 cm³/mol. The van der Waals surface area contributed by atoms with Gasteiger partial charge >= 0.3 is 5.97 Å². The van der Waals surface area contributed by atoms with Crippen LogP contribution in [0.2, 0.25) is 0 Å². The molecule has 37 heavy (non-hydrogen) atoms. The van der Waals surface area contributed by atoms with Crippen molar-refractivity contribution in [3.63, 3.8) is 0 Å². The van der Waals surface area contributed by atoms with Gasteiger partial charge < -0.3 is 19.6 Å². The lowest BCUT2D eigenvalue weighted by molar-refractivity contribution is -0.150. The average Bonchev–Trinajstić information content (AvgIpc) is 3.58. The molecule has 0 amide bonds. The van der Waals surface area contributed by atoms with Gasteiger partial charge in [-0.15, -0.1) is 0 Å². The zero-order chi connectivity index (χ0) is 25.6. The summed E-state index contributed by atoms with van der Waals surface area (Å²) >= 11 is 0. The molecule has 4 aromatic rings. The Morgan fingerprint density at radius 3 is 2.43 bits per heavy atom. The first-order valence-corrected chi connectivity index (χ1v) is 12.9. The number of esters is 1. The number of nitrogens with two attached hydrogens (primary N) is 1. The highest BCUT2D eigenvalue weighted by molar-refractivity contribution is 5.77. The number of carbonyl (C=O) groups excluding carboxylic acids is 1. The molecule has 1 heterocycles. The minimum Gasteiger partial charge on any atom is -0.493 e. The van der Waals surface area contributed by atoms with E-state index in [-0.39, 0.29) is 12.1 Å². The van der Waals surface area contributed by atoms with E-state index in [9.17, 15) is 4.79 Å². The molecule has 2 N–H and O–H groups in total. The Morgan fingerprint density at radius 2 is 1.68 bits per heavy atom. The Kier molecular flexibility index (Phi) is 7.66. The van der Waals surface area contributed by atoms with E-state index < -0.39 is 6.04 Å². The number of nitrogens with zero attached hydrogens (tertiary/aromatic N) is 1. The SMILES string of the molecule is Cc1oc(-c2ccc(-c3ccccc3)cc2)nc1CCOc1cccc(C(N)C(=O)OC2CCCC2)c1. The molecule has 1 unspecified atom stereocenters. The highest BCUT2D eigenvalue weighted by atomic mass is 16.5. The van der Waals surface area contributed by atoms with Gasteiger partial charge in [0.25, 0.3) is 0 Å². The maximum absolute atomic E-state index is 12.5. The molecule has 0 saturated heterocycles. The van der Waals surface area contributed by atoms with E-state index in [1.165, 1.54) is 5.56 Å². The predicted octanol–water partition coefficient (Wildman–Crippen LogP) is 6.42. The molecule has 0 spiro atoms. The van der Waals surface area contributed by atoms with Crippen LogP contribution in [-0.2, 0) is 16.0 Å². The molecule has 1 fully saturated rings. The van der Waals surface area contributed by atoms with Crippen molar-refractivity contribution in [2.45, 2.75) is 51.2 Å². The van der Waals surface area contributed by atoms with E-state index in [4.69, 9.17) is 24.6 Å². The van der Waals surface area contributed by atoms with Gasteiger partial charge in [-0.1, -0.05) is 54.6 Å². The van der Waals surface area contributed by atoms with Crippen molar-refractivity contribution in [1.29, 1.82) is 0 Å². The van der Waals surface area contributed by atoms with Crippen LogP contribution < -0.4 is 10.5 Å². The molecule has 1 saturated carbocycles. The van der Waals surface area contributed by atoms with Gasteiger partial charge in [0.1, 0.15) is 23.7 Å². The lowest BCUT2D eigenvalue weighted by atomic mass is 10.0. The Balaban J connectivity index is 1.17. The van der Waals surface area contributed by atoms with Crippen LogP contribution in [0.5, 0.6) is 5.75 Å². The van der Waals surface area contributed by atoms with Gasteiger partial charge in [-0.25, -0.2) is 9.78 Å². The second-order valence-electron chi connectivity index (χ2n) is 9.46. The van der Waals surface area contributed by atoms with Crippen molar-refractivity contribution in [3.05, 3.63) is 95.9 Å². The fraction of sp³-hybridized carbons (Fsp3) is 0.290. The van der Waals surface area contributed by atoms with E-state index in [0.29, 0.717) is 30.2 Å². The summed E-state index contributed by atoms with van der Waals surface area (Å²) < 4.78 is 17.5. The number of oxazole rings is 1. The molecule has 1 aliphatic rings. The number of aromatic nitrogens is 1. The highest BCUT2D eigenvalue weighted by Gasteiger charge is 2.24. The van der Waals surface area contributed by atoms with Crippen LogP contribution in [0.4, 0.5) is 0 Å². The van der Waals surface area contributed by atoms with Gasteiger partial charge in [0.2, 0.25) is 5.89 Å². The maximum Gasteiger partial charge on any atom is 0.327 e. The van der Waals surface area contributed by atoms with Crippen molar-refractivity contribution in [1.82, 2.24) is 4.98 Å². The molecule has 6 nitrogen and oxygen atoms in total. The summed E-state index contributed by atoms with van der Waals surface area (Å²) in [6, 6.07) is 25.0. The Bertz CT molecular complexity index is 1330. The van der Waals surface area contributed by atoms with E-state index >= 15 is 0 Å². The van der Waals surface area contributed by atoms with Crippen LogP contribution in [0.25, 0.3) is 22.6 Å². The summed E-state index contributed by atoms with van der Waals surface area (Å²) in [4.78, 5) is 17.2. The first-order valence-electron chi connectivity index (χ1n) is 12.9. The number of hydrogen-bond acceptors (Lipinski definition) is 6. The van der Waals surface area contributed by atoms with Gasteiger partial charge in [-0.2, -0.15) is 0 Å². The van der Waals surface area contributed by atoms with Gasteiger partial charge in [0.05, 0.1) is 12.3 Å². The van der Waals surface area contributed by atoms with Crippen molar-refractivity contribution in [2.24, 2.45) is 5.73 Å². The smallest absolute Gasteiger partial charge is 0.327 e. The molecule has 5 rings (SSSR count). The average molecular weight is 497 g/mol. The van der Waals surface area contributed by atoms with Crippen molar-refractivity contribution in [2.75, 3.05) is 6.61 Å². The van der Waals surface area contributed by atoms with Crippen molar-refractivity contribution >= 4 is 5.97 Å². The number of benzene rings is 3. The molecule has 1 aliphatic carbocycles. The Hall–Kier alpha value is -3.90. The minimum absolute atomic E-state index is 0.00428. The minimum atomic E-state index is -0.822. The lowest BCUT2D eigenvalue weighted by Gasteiger charge is -2.16. The van der Waals surface area contributed by atoms with Crippen molar-refractivity contribution in [3.8, 4) is 28.3 Å². The molecular formula is C31H32N2O4. The third-order valence-electron chi connectivity index (χ3n) is 6.80. The third kappa shape index (κ3) is 6.09. The molecule has 190 valence electrons. The number of hydrogen-bond donors (Lipinski definition) is 1. The number of ether oxygens (including phenoxy) is 2. The molecule has 3 aromatic carbocycles. The molecule has 1 aromatic heterocycles. The number of carbonyl (C=O) groups is 1. The van der Waals surface area contributed by atoms with E-state index in [2.05, 4.69) is 24.3 Å². The highest BCUT2D eigenvalue weighted by Crippen LogP contribution is 2.27. The molecule has 1 atom stereocenters. The van der Waals surface area contributed by atoms with E-state index in [0.717, 1.165) is 48.3 Å². The zero-order valence-corrected chi connectivity index (χ0v) is 21.1. The summed E-state index contributed by atoms with van der Waals surface area (Å²) in [6.45, 7) is 2.34. The quantitative estimate of drug-likeness (QED) is 0.269. The monoisotopic (exact) mass is 496 g/mol. The van der Waals surface area contributed by atoms with Crippen LogP contribution in [0.1, 0.15) is 48.7 Å². The first kappa shape index (κ1) is 24.8. The van der Waals surface area contributed by atoms with Crippen molar-refractivity contribution < 1.29 is 18.7 Å². The maximum atomic E-state index is 12.5. The Morgan fingerprint density at radius 1 is 0.973 bits per heavy atom. The largest absolute Gasteiger partial charge is 0.493 e. The molecule has 6 heteroatoms. The summed E-state index contributed by atoms with van der Waals surface area (Å²) in [5, 5.41) is 0. The van der Waals surface area contributed by atoms with Crippen LogP contribution >= 0.6 is 0 Å². The van der Waals surface area contributed by atoms with Crippen LogP contribution in [0, 0.1) is 6.92 Å². The lowest BCUT2D eigenvalue weighted by Crippen LogP contribution is -2.27. The van der Waals surface area contributed by atoms with Gasteiger partial charge in [0, 0.05) is 12.0 Å². The van der Waals surface area contributed by atoms with Gasteiger partial charge in [-0.05, 0) is 73.6 Å². The van der Waals surface area contributed by atoms with Crippen LogP contribution in [-0.4, -0.2) is 23.7 Å². The standard InChI is InChI=1S/C31H32N2O4/c1-21-28(33-30(36-21)24-16-14-23(15-17-24)22-8-3-2-4-9-22)18-19-35-27-13-7-10-25(20-27)29(32)31(34)37-26-11-5-6-12-26/h2-4,7-10,13-17,20,26,29H,5-6,11-12,18-19,32H2,1H3. The van der Waals surface area contributed by atoms with Gasteiger partial charge in [0.15, 0.2) is 0 Å². The Labute approximate surface area is 217 Å². The third-order valence-corrected chi connectivity index (χ3v) is 6.80. The molecular weight excluding hydrogens is 464 g/mol. The first-order chi connectivity index (χ1) is 18.1. The fourth-order valence-corrected chi connectivity index (χ4v) is 4.66. The summed E-state index contributed by atoms with van der Waals surface area (Å²) in [7, 11) is 0. The summed E-state index contributed by atoms with van der Waals surface area (Å²) in [5.41, 5.74) is 11.0. The summed E-state index contributed by atoms with van der Waals surface area (Å²) in [5.74, 6) is 1.64. The molecule has 0 aliphatic heterocycles. The second kappa shape index (κ2) is 11.4. The topological polar surface area (TPSA) is 87.6 Å². The number of aryl methyl sites for hydroxylation is 1. The van der Waals surface area contributed by atoms with Crippen LogP contribution in [0.15, 0.2) is 83.3 Å². The fourth-order valence-electron chi connectivity index (χ4n) is 4.66. The molecule has 0 radical (unpaired) electrons. The molecule has 0 bridgehead atoms. The number of rotatable bonds is 9. The normalized spacial score (nSPS) is 14.4. The van der Waals surface area contributed by atoms with Crippen LogP contribution in [0.3, 0.4) is 0 Å². The zero-order valence-electron chi connectivity index (χ0n) is 21.1. The van der Waals surface area contributed by atoms with E-state index in [1.807, 2.05) is 55.5 Å². The second-order valence-corrected chi connectivity index (χ2v) is 9.46. The summed E-state index contributed by atoms with van der Waals surface area (Å²) in [6.07, 6.45) is 4.63. The van der Waals surface area contributed by atoms with Gasteiger partial charge in [-0.3, -0.25) is 0 Å².